The normalized spacial score (nSPS) is 18.1. The largest absolute Gasteiger partial charge is 0.481 e. The lowest BCUT2D eigenvalue weighted by atomic mass is 10.1. The van der Waals surface area contributed by atoms with Gasteiger partial charge in [-0.1, -0.05) is 13.3 Å². The van der Waals surface area contributed by atoms with Crippen LogP contribution in [0.5, 0.6) is 0 Å². The van der Waals surface area contributed by atoms with Crippen LogP contribution in [0.2, 0.25) is 0 Å². The maximum atomic E-state index is 12.0. The van der Waals surface area contributed by atoms with Crippen LogP contribution < -0.4 is 0 Å². The maximum Gasteiger partial charge on any atom is 0.319 e. The van der Waals surface area contributed by atoms with E-state index >= 15 is 0 Å². The van der Waals surface area contributed by atoms with Gasteiger partial charge in [-0.25, -0.2) is 0 Å². The highest BCUT2D eigenvalue weighted by molar-refractivity contribution is 7.60. The molecule has 0 bridgehead atoms. The fourth-order valence-electron chi connectivity index (χ4n) is 1.40. The van der Waals surface area contributed by atoms with E-state index in [1.807, 2.05) is 6.92 Å². The first-order valence-corrected chi connectivity index (χ1v) is 7.29. The van der Waals surface area contributed by atoms with Gasteiger partial charge < -0.3 is 15.1 Å². The second-order valence-electron chi connectivity index (χ2n) is 4.25. The highest BCUT2D eigenvalue weighted by atomic mass is 31.2. The Morgan fingerprint density at radius 2 is 1.82 bits per heavy atom. The molecule has 0 heterocycles. The van der Waals surface area contributed by atoms with Crippen LogP contribution in [0.15, 0.2) is 0 Å². The summed E-state index contributed by atoms with van der Waals surface area (Å²) in [6.07, 6.45) is 0.267. The monoisotopic (exact) mass is 266 g/mol. The molecular formula is C10H19O6P. The molecule has 6 nitrogen and oxygen atoms in total. The molecule has 0 aliphatic carbocycles. The number of unbranched alkanes of at least 4 members (excludes halogenated alkanes) is 1. The number of hydrogen-bond acceptors (Lipinski definition) is 3. The highest BCUT2D eigenvalue weighted by Crippen LogP contribution is 2.57. The second-order valence-corrected chi connectivity index (χ2v) is 7.09. The van der Waals surface area contributed by atoms with Gasteiger partial charge in [-0.3, -0.25) is 14.2 Å². The highest BCUT2D eigenvalue weighted by Gasteiger charge is 2.49. The smallest absolute Gasteiger partial charge is 0.319 e. The quantitative estimate of drug-likeness (QED) is 0.577. The Kier molecular flexibility index (Phi) is 5.85. The number of carbonyl (C=O) groups is 2. The molecule has 0 aliphatic heterocycles. The summed E-state index contributed by atoms with van der Waals surface area (Å²) in [4.78, 5) is 31.4. The molecule has 0 saturated heterocycles. The van der Waals surface area contributed by atoms with Crippen molar-refractivity contribution in [2.45, 2.75) is 44.7 Å². The minimum absolute atomic E-state index is 0.0914. The molecule has 0 radical (unpaired) electrons. The molecule has 17 heavy (non-hydrogen) atoms. The SMILES string of the molecule is CCCCP(=O)(O)C(C)(CCC(=O)O)C(=O)O. The Labute approximate surface area is 100 Å². The van der Waals surface area contributed by atoms with Crippen LogP contribution in [0.25, 0.3) is 0 Å². The molecule has 0 spiro atoms. The molecule has 0 amide bonds. The number of hydrogen-bond donors (Lipinski definition) is 3. The van der Waals surface area contributed by atoms with E-state index in [2.05, 4.69) is 0 Å². The van der Waals surface area contributed by atoms with Crippen molar-refractivity contribution in [1.29, 1.82) is 0 Å². The van der Waals surface area contributed by atoms with Gasteiger partial charge in [0.15, 0.2) is 0 Å². The fourth-order valence-corrected chi connectivity index (χ4v) is 3.40. The molecular weight excluding hydrogens is 247 g/mol. The average Bonchev–Trinajstić information content (AvgIpc) is 2.22. The van der Waals surface area contributed by atoms with Crippen LogP contribution in [0, 0.1) is 0 Å². The summed E-state index contributed by atoms with van der Waals surface area (Å²) in [6.45, 7) is 2.98. The molecule has 0 saturated carbocycles. The third kappa shape index (κ3) is 4.13. The van der Waals surface area contributed by atoms with E-state index in [9.17, 15) is 19.0 Å². The predicted molar refractivity (Wildman–Crippen MR) is 62.5 cm³/mol. The van der Waals surface area contributed by atoms with Gasteiger partial charge in [0.2, 0.25) is 7.37 Å². The molecule has 0 aromatic rings. The summed E-state index contributed by atoms with van der Waals surface area (Å²) in [7, 11) is -3.91. The van der Waals surface area contributed by atoms with Crippen molar-refractivity contribution in [2.24, 2.45) is 0 Å². The summed E-state index contributed by atoms with van der Waals surface area (Å²) in [5, 5.41) is 15.7. The first-order valence-electron chi connectivity index (χ1n) is 5.44. The Morgan fingerprint density at radius 1 is 1.29 bits per heavy atom. The van der Waals surface area contributed by atoms with Crippen LogP contribution in [-0.4, -0.2) is 38.4 Å². The minimum Gasteiger partial charge on any atom is -0.481 e. The van der Waals surface area contributed by atoms with E-state index in [1.165, 1.54) is 0 Å². The lowest BCUT2D eigenvalue weighted by molar-refractivity contribution is -0.141. The number of carboxylic acids is 2. The average molecular weight is 266 g/mol. The van der Waals surface area contributed by atoms with Gasteiger partial charge in [0.25, 0.3) is 0 Å². The second kappa shape index (κ2) is 6.17. The number of carboxylic acid groups (broad SMARTS) is 2. The topological polar surface area (TPSA) is 112 Å². The predicted octanol–water partition coefficient (Wildman–Crippen LogP) is 1.77. The zero-order valence-corrected chi connectivity index (χ0v) is 10.9. The molecule has 100 valence electrons. The molecule has 2 unspecified atom stereocenters. The van der Waals surface area contributed by atoms with E-state index in [-0.39, 0.29) is 12.6 Å². The van der Waals surface area contributed by atoms with Crippen LogP contribution in [0.1, 0.15) is 39.5 Å². The Hall–Kier alpha value is -0.870. The molecule has 0 aliphatic rings. The summed E-state index contributed by atoms with van der Waals surface area (Å²) >= 11 is 0. The Balaban J connectivity index is 4.98. The van der Waals surface area contributed by atoms with Crippen molar-refractivity contribution >= 4 is 19.3 Å². The van der Waals surface area contributed by atoms with Crippen molar-refractivity contribution in [2.75, 3.05) is 6.16 Å². The third-order valence-corrected chi connectivity index (χ3v) is 5.75. The van der Waals surface area contributed by atoms with Crippen molar-refractivity contribution < 1.29 is 29.3 Å². The first kappa shape index (κ1) is 16.1. The summed E-state index contributed by atoms with van der Waals surface area (Å²) in [5.74, 6) is -2.59. The van der Waals surface area contributed by atoms with E-state index < -0.39 is 30.9 Å². The van der Waals surface area contributed by atoms with Crippen LogP contribution >= 0.6 is 7.37 Å². The summed E-state index contributed by atoms with van der Waals surface area (Å²) in [5.41, 5.74) is 0. The molecule has 0 rings (SSSR count). The molecule has 7 heteroatoms. The zero-order chi connectivity index (χ0) is 13.7. The Bertz CT molecular complexity index is 340. The molecule has 0 aromatic carbocycles. The first-order chi connectivity index (χ1) is 7.67. The maximum absolute atomic E-state index is 12.0. The van der Waals surface area contributed by atoms with Gasteiger partial charge >= 0.3 is 11.9 Å². The van der Waals surface area contributed by atoms with Crippen molar-refractivity contribution in [3.8, 4) is 0 Å². The van der Waals surface area contributed by atoms with Crippen molar-refractivity contribution in [3.05, 3.63) is 0 Å². The van der Waals surface area contributed by atoms with E-state index in [4.69, 9.17) is 10.2 Å². The lowest BCUT2D eigenvalue weighted by Crippen LogP contribution is -2.36. The van der Waals surface area contributed by atoms with Gasteiger partial charge in [0.1, 0.15) is 5.16 Å². The van der Waals surface area contributed by atoms with Crippen LogP contribution in [0.4, 0.5) is 0 Å². The van der Waals surface area contributed by atoms with Gasteiger partial charge in [0, 0.05) is 12.6 Å². The zero-order valence-electron chi connectivity index (χ0n) is 10.0. The Morgan fingerprint density at radius 3 is 2.18 bits per heavy atom. The number of aliphatic carboxylic acids is 2. The molecule has 3 N–H and O–H groups in total. The standard InChI is InChI=1S/C10H19O6P/c1-3-4-7-17(15,16)10(2,9(13)14)6-5-8(11)12/h3-7H2,1-2H3,(H,11,12)(H,13,14)(H,15,16). The molecule has 0 aromatic heterocycles. The molecule has 2 atom stereocenters. The summed E-state index contributed by atoms with van der Waals surface area (Å²) in [6, 6.07) is 0. The van der Waals surface area contributed by atoms with E-state index in [0.29, 0.717) is 12.8 Å². The van der Waals surface area contributed by atoms with Gasteiger partial charge in [-0.15, -0.1) is 0 Å². The molecule has 0 fully saturated rings. The van der Waals surface area contributed by atoms with Crippen molar-refractivity contribution in [1.82, 2.24) is 0 Å². The van der Waals surface area contributed by atoms with Gasteiger partial charge in [-0.2, -0.15) is 0 Å². The third-order valence-electron chi connectivity index (χ3n) is 2.87. The number of rotatable bonds is 8. The van der Waals surface area contributed by atoms with Gasteiger partial charge in [0.05, 0.1) is 0 Å². The minimum atomic E-state index is -3.91. The van der Waals surface area contributed by atoms with Crippen LogP contribution in [-0.2, 0) is 14.2 Å². The van der Waals surface area contributed by atoms with Crippen LogP contribution in [0.3, 0.4) is 0 Å². The van der Waals surface area contributed by atoms with Crippen molar-refractivity contribution in [3.63, 3.8) is 0 Å². The lowest BCUT2D eigenvalue weighted by Gasteiger charge is -2.29. The summed E-state index contributed by atoms with van der Waals surface area (Å²) < 4.78 is 12.0. The van der Waals surface area contributed by atoms with E-state index in [0.717, 1.165) is 6.92 Å². The van der Waals surface area contributed by atoms with E-state index in [1.54, 1.807) is 0 Å². The fraction of sp³-hybridized carbons (Fsp3) is 0.800. The van der Waals surface area contributed by atoms with Gasteiger partial charge in [-0.05, 0) is 19.8 Å².